The molecule has 0 heterocycles. The summed E-state index contributed by atoms with van der Waals surface area (Å²) < 4.78 is 0. The lowest BCUT2D eigenvalue weighted by Crippen LogP contribution is -1.78. The highest BCUT2D eigenvalue weighted by Gasteiger charge is 1.72. The van der Waals surface area contributed by atoms with Crippen molar-refractivity contribution in [2.75, 3.05) is 0 Å². The molecule has 0 amide bonds. The van der Waals surface area contributed by atoms with Gasteiger partial charge < -0.3 is 14.9 Å². The van der Waals surface area contributed by atoms with Crippen molar-refractivity contribution in [2.24, 2.45) is 5.50 Å². The Bertz CT molecular complexity index is 112. The second-order valence-electron chi connectivity index (χ2n) is 1.50. The summed E-state index contributed by atoms with van der Waals surface area (Å²) in [7, 11) is -2.12. The van der Waals surface area contributed by atoms with Crippen molar-refractivity contribution in [2.45, 2.75) is 13.3 Å². The summed E-state index contributed by atoms with van der Waals surface area (Å²) in [6.45, 7) is 2.04. The molecule has 0 aromatic carbocycles. The third-order valence-corrected chi connectivity index (χ3v) is 0.569. The number of allylic oxidation sites excluding steroid dienone is 3. The molecular formula is C6H14NO3P. The molecule has 0 aliphatic rings. The number of rotatable bonds is 2. The van der Waals surface area contributed by atoms with Crippen LogP contribution < -0.4 is 5.50 Å². The normalized spacial score (nSPS) is 10.6. The maximum Gasteiger partial charge on any atom is 0.247 e. The first-order valence-electron chi connectivity index (χ1n) is 3.03. The van der Waals surface area contributed by atoms with Crippen LogP contribution in [0.3, 0.4) is 0 Å². The van der Waals surface area contributed by atoms with Crippen LogP contribution in [0.1, 0.15) is 13.3 Å². The van der Waals surface area contributed by atoms with E-state index in [4.69, 9.17) is 14.9 Å². The lowest BCUT2D eigenvalue weighted by Gasteiger charge is -1.79. The molecule has 0 rings (SSSR count). The number of aliphatic hydroxyl groups excluding tert-OH is 1. The van der Waals surface area contributed by atoms with E-state index in [1.54, 1.807) is 12.2 Å². The van der Waals surface area contributed by atoms with Crippen LogP contribution in [0.2, 0.25) is 0 Å². The highest BCUT2D eigenvalue weighted by molar-refractivity contribution is 7.42. The quantitative estimate of drug-likeness (QED) is 0.291. The molecule has 4 nitrogen and oxygen atoms in total. The van der Waals surface area contributed by atoms with Crippen LogP contribution in [-0.4, -0.2) is 14.9 Å². The zero-order valence-corrected chi connectivity index (χ0v) is 7.28. The van der Waals surface area contributed by atoms with Gasteiger partial charge in [-0.1, -0.05) is 19.1 Å². The van der Waals surface area contributed by atoms with E-state index in [9.17, 15) is 0 Å². The minimum atomic E-state index is -2.12. The van der Waals surface area contributed by atoms with E-state index in [1.165, 1.54) is 0 Å². The fraction of sp³-hybridized carbons (Fsp3) is 0.333. The molecule has 0 unspecified atom stereocenters. The van der Waals surface area contributed by atoms with Crippen LogP contribution in [0.15, 0.2) is 24.5 Å². The molecule has 0 aliphatic heterocycles. The number of nitrogens with two attached hydrogens (primary N) is 1. The molecule has 0 aromatic rings. The monoisotopic (exact) mass is 179 g/mol. The Morgan fingerprint density at radius 1 is 1.36 bits per heavy atom. The van der Waals surface area contributed by atoms with Crippen LogP contribution in [0.5, 0.6) is 0 Å². The van der Waals surface area contributed by atoms with Gasteiger partial charge in [0.2, 0.25) is 8.53 Å². The molecule has 0 aliphatic carbocycles. The molecule has 5 heteroatoms. The SMILES string of the molecule is CCC=CC=CO.NP(O)O. The smallest absolute Gasteiger partial charge is 0.247 e. The first kappa shape index (κ1) is 13.2. The van der Waals surface area contributed by atoms with E-state index in [0.29, 0.717) is 0 Å². The van der Waals surface area contributed by atoms with Crippen molar-refractivity contribution in [3.63, 3.8) is 0 Å². The molecule has 0 saturated carbocycles. The Morgan fingerprint density at radius 2 is 1.82 bits per heavy atom. The maximum atomic E-state index is 8.06. The maximum absolute atomic E-state index is 8.06. The minimum Gasteiger partial charge on any atom is -0.516 e. The van der Waals surface area contributed by atoms with E-state index in [-0.39, 0.29) is 0 Å². The van der Waals surface area contributed by atoms with Crippen LogP contribution >= 0.6 is 8.53 Å². The Labute approximate surface area is 67.6 Å². The van der Waals surface area contributed by atoms with Gasteiger partial charge in [-0.2, -0.15) is 0 Å². The Morgan fingerprint density at radius 3 is 2.09 bits per heavy atom. The summed E-state index contributed by atoms with van der Waals surface area (Å²) >= 11 is 0. The summed E-state index contributed by atoms with van der Waals surface area (Å²) in [4.78, 5) is 14.9. The van der Waals surface area contributed by atoms with Gasteiger partial charge in [-0.25, -0.2) is 0 Å². The summed E-state index contributed by atoms with van der Waals surface area (Å²) in [5, 5.41) is 8.06. The molecule has 0 bridgehead atoms. The van der Waals surface area contributed by atoms with Crippen molar-refractivity contribution >= 4 is 8.53 Å². The zero-order valence-electron chi connectivity index (χ0n) is 6.38. The fourth-order valence-corrected chi connectivity index (χ4v) is 0.264. The number of hydrogen-bond donors (Lipinski definition) is 4. The molecule has 0 fully saturated rings. The summed E-state index contributed by atoms with van der Waals surface area (Å²) in [5.41, 5.74) is 4.29. The topological polar surface area (TPSA) is 86.7 Å². The van der Waals surface area contributed by atoms with Gasteiger partial charge in [-0.05, 0) is 12.5 Å². The van der Waals surface area contributed by atoms with Crippen molar-refractivity contribution in [1.82, 2.24) is 0 Å². The van der Waals surface area contributed by atoms with Crippen LogP contribution in [0, 0.1) is 0 Å². The average molecular weight is 179 g/mol. The molecular weight excluding hydrogens is 165 g/mol. The van der Waals surface area contributed by atoms with E-state index >= 15 is 0 Å². The summed E-state index contributed by atoms with van der Waals surface area (Å²) in [6, 6.07) is 0. The van der Waals surface area contributed by atoms with Gasteiger partial charge in [0.05, 0.1) is 6.26 Å². The van der Waals surface area contributed by atoms with E-state index < -0.39 is 8.53 Å². The van der Waals surface area contributed by atoms with Gasteiger partial charge in [-0.3, -0.25) is 5.50 Å². The van der Waals surface area contributed by atoms with Gasteiger partial charge in [0.15, 0.2) is 0 Å². The highest BCUT2D eigenvalue weighted by atomic mass is 31.2. The van der Waals surface area contributed by atoms with E-state index in [2.05, 4.69) is 5.50 Å². The zero-order chi connectivity index (χ0) is 9.11. The molecule has 66 valence electrons. The minimum absolute atomic E-state index is 1.02. The first-order chi connectivity index (χ1) is 5.15. The van der Waals surface area contributed by atoms with Gasteiger partial charge in [0.25, 0.3) is 0 Å². The fourth-order valence-electron chi connectivity index (χ4n) is 0.264. The van der Waals surface area contributed by atoms with Crippen LogP contribution in [0.4, 0.5) is 0 Å². The molecule has 0 aromatic heterocycles. The van der Waals surface area contributed by atoms with Crippen molar-refractivity contribution < 1.29 is 14.9 Å². The molecule has 0 spiro atoms. The lowest BCUT2D eigenvalue weighted by atomic mass is 10.4. The summed E-state index contributed by atoms with van der Waals surface area (Å²) in [6.07, 6.45) is 7.40. The first-order valence-corrected chi connectivity index (χ1v) is 4.35. The largest absolute Gasteiger partial charge is 0.516 e. The highest BCUT2D eigenvalue weighted by Crippen LogP contribution is 2.05. The van der Waals surface area contributed by atoms with Crippen molar-refractivity contribution in [3.8, 4) is 0 Å². The standard InChI is InChI=1S/C6H10O.H4NO2P/c1-2-3-4-5-6-7;1-4(2)3/h3-7H,2H2,1H3;2-3H,1H2. The molecule has 0 atom stereocenters. The second kappa shape index (κ2) is 12.3. The third-order valence-electron chi connectivity index (χ3n) is 0.569. The summed E-state index contributed by atoms with van der Waals surface area (Å²) in [5.74, 6) is 0. The van der Waals surface area contributed by atoms with Crippen LogP contribution in [0.25, 0.3) is 0 Å². The second-order valence-corrected chi connectivity index (χ2v) is 2.14. The van der Waals surface area contributed by atoms with Crippen LogP contribution in [-0.2, 0) is 0 Å². The Hall–Kier alpha value is -0.410. The van der Waals surface area contributed by atoms with Gasteiger partial charge >= 0.3 is 0 Å². The van der Waals surface area contributed by atoms with E-state index in [1.807, 2.05) is 13.0 Å². The Kier molecular flexibility index (Phi) is 14.7. The molecule has 5 N–H and O–H groups in total. The third kappa shape index (κ3) is 42.9. The van der Waals surface area contributed by atoms with Crippen molar-refractivity contribution in [1.29, 1.82) is 0 Å². The lowest BCUT2D eigenvalue weighted by molar-refractivity contribution is 0.473. The predicted molar refractivity (Wildman–Crippen MR) is 46.7 cm³/mol. The number of aliphatic hydroxyl groups is 1. The average Bonchev–Trinajstić information content (AvgIpc) is 1.88. The van der Waals surface area contributed by atoms with Gasteiger partial charge in [0.1, 0.15) is 0 Å². The van der Waals surface area contributed by atoms with Crippen molar-refractivity contribution in [3.05, 3.63) is 24.5 Å². The predicted octanol–water partition coefficient (Wildman–Crippen LogP) is 1.18. The van der Waals surface area contributed by atoms with E-state index in [0.717, 1.165) is 12.7 Å². The van der Waals surface area contributed by atoms with Gasteiger partial charge in [-0.15, -0.1) is 0 Å². The number of hydrogen-bond acceptors (Lipinski definition) is 4. The Balaban J connectivity index is 0. The molecule has 0 saturated heterocycles. The van der Waals surface area contributed by atoms with Gasteiger partial charge in [0, 0.05) is 0 Å². The molecule has 11 heavy (non-hydrogen) atoms. The molecule has 0 radical (unpaired) electrons.